The van der Waals surface area contributed by atoms with E-state index in [2.05, 4.69) is 40.2 Å². The molecular formula is C45H55FN12O5S2. The molecule has 0 saturated carbocycles. The van der Waals surface area contributed by atoms with E-state index in [-0.39, 0.29) is 46.1 Å². The third-order valence-electron chi connectivity index (χ3n) is 11.9. The van der Waals surface area contributed by atoms with Gasteiger partial charge in [0, 0.05) is 81.8 Å². The number of piperidine rings is 2. The van der Waals surface area contributed by atoms with Crippen molar-refractivity contribution in [2.45, 2.75) is 77.7 Å². The van der Waals surface area contributed by atoms with Crippen LogP contribution in [0.5, 0.6) is 0 Å². The molecule has 0 spiro atoms. The van der Waals surface area contributed by atoms with E-state index in [1.807, 2.05) is 48.7 Å². The molecule has 17 nitrogen and oxygen atoms in total. The number of anilines is 4. The molecule has 3 aliphatic heterocycles. The van der Waals surface area contributed by atoms with E-state index in [4.69, 9.17) is 9.97 Å². The molecular weight excluding hydrogens is 872 g/mol. The minimum atomic E-state index is -3.72. The second-order valence-corrected chi connectivity index (χ2v) is 20.8. The molecule has 3 fully saturated rings. The Balaban J connectivity index is 0.838. The van der Waals surface area contributed by atoms with Gasteiger partial charge in [-0.1, -0.05) is 33.8 Å². The second-order valence-electron chi connectivity index (χ2n) is 17.9. The van der Waals surface area contributed by atoms with Gasteiger partial charge in [0.25, 0.3) is 0 Å². The number of likely N-dealkylation sites (tertiary alicyclic amines) is 1. The SMILES string of the molecule is CCCS(=O)(=O)Nc1cccc(-c2nc(C(C)(C)C)sc2-c2ccnc(Nc3cnn(CC4CCN(C(=O)CN5CCN(c6cc([C@@H]7CCC(=O)NC7=O)ccn6)CC5)CC4)c3)n2)c1F. The van der Waals surface area contributed by atoms with E-state index >= 15 is 4.39 Å². The number of rotatable bonds is 14. The fourth-order valence-corrected chi connectivity index (χ4v) is 10.6. The molecule has 65 heavy (non-hydrogen) atoms. The molecule has 0 bridgehead atoms. The summed E-state index contributed by atoms with van der Waals surface area (Å²) >= 11 is 1.40. The summed E-state index contributed by atoms with van der Waals surface area (Å²) in [5.74, 6) is -0.0795. The monoisotopic (exact) mass is 926 g/mol. The van der Waals surface area contributed by atoms with Gasteiger partial charge in [0.2, 0.25) is 33.7 Å². The number of aromatic nitrogens is 6. The first-order valence-corrected chi connectivity index (χ1v) is 24.6. The van der Waals surface area contributed by atoms with E-state index in [1.54, 1.807) is 43.7 Å². The average molecular weight is 927 g/mol. The lowest BCUT2D eigenvalue weighted by atomic mass is 9.91. The zero-order valence-corrected chi connectivity index (χ0v) is 38.7. The number of carbonyl (C=O) groups is 3. The van der Waals surface area contributed by atoms with Crippen LogP contribution in [-0.4, -0.2) is 117 Å². The van der Waals surface area contributed by atoms with Gasteiger partial charge < -0.3 is 15.1 Å². The number of carbonyl (C=O) groups excluding carboxylic acids is 3. The highest BCUT2D eigenvalue weighted by molar-refractivity contribution is 7.92. The molecule has 0 unspecified atom stereocenters. The van der Waals surface area contributed by atoms with E-state index < -0.39 is 15.8 Å². The van der Waals surface area contributed by atoms with Crippen molar-refractivity contribution in [3.05, 3.63) is 77.6 Å². The molecule has 3 aliphatic rings. The maximum atomic E-state index is 16.1. The molecule has 3 amide bonds. The van der Waals surface area contributed by atoms with Gasteiger partial charge in [0.1, 0.15) is 5.82 Å². The van der Waals surface area contributed by atoms with Crippen molar-refractivity contribution < 1.29 is 27.2 Å². The first-order valence-electron chi connectivity index (χ1n) is 22.1. The number of piperazine rings is 1. The molecule has 8 rings (SSSR count). The summed E-state index contributed by atoms with van der Waals surface area (Å²) in [5, 5.41) is 11.1. The number of hydrogen-bond donors (Lipinski definition) is 3. The third kappa shape index (κ3) is 11.0. The van der Waals surface area contributed by atoms with Crippen LogP contribution in [0.25, 0.3) is 21.8 Å². The van der Waals surface area contributed by atoms with Crippen LogP contribution in [0.4, 0.5) is 27.5 Å². The fraction of sp³-hybridized carbons (Fsp3) is 0.467. The highest BCUT2D eigenvalue weighted by Gasteiger charge is 2.31. The summed E-state index contributed by atoms with van der Waals surface area (Å²) in [5.41, 5.74) is 2.13. The summed E-state index contributed by atoms with van der Waals surface area (Å²) in [6.45, 7) is 13.2. The molecule has 1 atom stereocenters. The van der Waals surface area contributed by atoms with Gasteiger partial charge in [-0.3, -0.25) is 34.0 Å². The largest absolute Gasteiger partial charge is 0.354 e. The molecule has 0 aliphatic carbocycles. The van der Waals surface area contributed by atoms with Crippen molar-refractivity contribution in [1.82, 2.24) is 44.8 Å². The summed E-state index contributed by atoms with van der Waals surface area (Å²) in [6.07, 6.45) is 9.92. The number of benzene rings is 1. The smallest absolute Gasteiger partial charge is 0.236 e. The zero-order chi connectivity index (χ0) is 45.9. The highest BCUT2D eigenvalue weighted by Crippen LogP contribution is 2.42. The van der Waals surface area contributed by atoms with Crippen LogP contribution in [0.3, 0.4) is 0 Å². The Morgan fingerprint density at radius 1 is 0.985 bits per heavy atom. The van der Waals surface area contributed by atoms with Gasteiger partial charge in [-0.15, -0.1) is 11.3 Å². The van der Waals surface area contributed by atoms with E-state index in [0.717, 1.165) is 55.4 Å². The Bertz CT molecular complexity index is 2650. The highest BCUT2D eigenvalue weighted by atomic mass is 32.2. The normalized spacial score (nSPS) is 17.9. The maximum Gasteiger partial charge on any atom is 0.236 e. The number of amides is 3. The molecule has 5 aromatic rings. The van der Waals surface area contributed by atoms with Crippen LogP contribution >= 0.6 is 11.3 Å². The molecule has 3 saturated heterocycles. The summed E-state index contributed by atoms with van der Waals surface area (Å²) in [7, 11) is -3.72. The number of nitrogens with zero attached hydrogens (tertiary/aromatic N) is 9. The lowest BCUT2D eigenvalue weighted by Crippen LogP contribution is -2.51. The molecule has 7 heterocycles. The van der Waals surface area contributed by atoms with Crippen molar-refractivity contribution in [1.29, 1.82) is 0 Å². The van der Waals surface area contributed by atoms with Crippen molar-refractivity contribution in [2.75, 3.05) is 66.5 Å². The van der Waals surface area contributed by atoms with Crippen molar-refractivity contribution in [2.24, 2.45) is 5.92 Å². The Kier molecular flexibility index (Phi) is 13.6. The molecule has 20 heteroatoms. The maximum absolute atomic E-state index is 16.1. The van der Waals surface area contributed by atoms with Crippen molar-refractivity contribution >= 4 is 62.2 Å². The number of halogens is 1. The molecule has 3 N–H and O–H groups in total. The number of hydrogen-bond acceptors (Lipinski definition) is 14. The Labute approximate surface area is 382 Å². The van der Waals surface area contributed by atoms with Crippen LogP contribution in [0.1, 0.15) is 76.3 Å². The van der Waals surface area contributed by atoms with Gasteiger partial charge in [0.05, 0.1) is 57.1 Å². The van der Waals surface area contributed by atoms with E-state index in [1.165, 1.54) is 17.4 Å². The Morgan fingerprint density at radius 2 is 1.75 bits per heavy atom. The molecule has 0 radical (unpaired) electrons. The van der Waals surface area contributed by atoms with Gasteiger partial charge in [0.15, 0.2) is 5.82 Å². The number of nitrogens with one attached hydrogen (secondary N) is 3. The quantitative estimate of drug-likeness (QED) is 0.114. The predicted molar refractivity (Wildman–Crippen MR) is 248 cm³/mol. The van der Waals surface area contributed by atoms with Crippen LogP contribution in [0, 0.1) is 11.7 Å². The van der Waals surface area contributed by atoms with Crippen LogP contribution in [0.2, 0.25) is 0 Å². The zero-order valence-electron chi connectivity index (χ0n) is 37.1. The van der Waals surface area contributed by atoms with Crippen LogP contribution in [-0.2, 0) is 36.4 Å². The first-order chi connectivity index (χ1) is 31.1. The van der Waals surface area contributed by atoms with Gasteiger partial charge >= 0.3 is 0 Å². The standard InChI is InChI=1S/C45H55FN12O5S2/c1-5-23-65(62,63)54-34-8-6-7-33(39(34)46)40-41(64-43(53-40)45(2,3)4)35-12-16-48-44(51-35)50-31-25-49-58(27-31)26-29-13-17-57(18-14-29)38(60)28-55-19-21-56(22-20-55)36-24-30(11-15-47-36)32-9-10-37(59)52-42(32)61/h6-8,11-12,15-16,24-25,27,29,32,54H,5,9-10,13-14,17-23,26,28H2,1-4H3,(H,48,50,51)(H,52,59,61)/t32-/m0/s1. The number of pyridine rings is 1. The summed E-state index contributed by atoms with van der Waals surface area (Å²) < 4.78 is 45.4. The Hall–Kier alpha value is -5.86. The van der Waals surface area contributed by atoms with Crippen LogP contribution < -0.4 is 20.3 Å². The third-order valence-corrected chi connectivity index (χ3v) is 14.9. The lowest BCUT2D eigenvalue weighted by molar-refractivity contribution is -0.135. The second kappa shape index (κ2) is 19.3. The van der Waals surface area contributed by atoms with Crippen molar-refractivity contribution in [3.8, 4) is 21.8 Å². The average Bonchev–Trinajstić information content (AvgIpc) is 3.93. The number of sulfonamides is 1. The fourth-order valence-electron chi connectivity index (χ4n) is 8.37. The molecule has 4 aromatic heterocycles. The van der Waals surface area contributed by atoms with Gasteiger partial charge in [-0.05, 0) is 67.5 Å². The Morgan fingerprint density at radius 3 is 2.49 bits per heavy atom. The first kappa shape index (κ1) is 45.7. The topological polar surface area (TPSA) is 201 Å². The number of thiazole rings is 1. The minimum absolute atomic E-state index is 0.124. The summed E-state index contributed by atoms with van der Waals surface area (Å²) in [6, 6.07) is 10.1. The van der Waals surface area contributed by atoms with E-state index in [0.29, 0.717) is 79.3 Å². The van der Waals surface area contributed by atoms with E-state index in [9.17, 15) is 22.8 Å². The lowest BCUT2D eigenvalue weighted by Gasteiger charge is -2.37. The number of imide groups is 1. The van der Waals surface area contributed by atoms with Crippen molar-refractivity contribution in [3.63, 3.8) is 0 Å². The van der Waals surface area contributed by atoms with Gasteiger partial charge in [-0.2, -0.15) is 5.10 Å². The summed E-state index contributed by atoms with van der Waals surface area (Å²) in [4.78, 5) is 63.1. The van der Waals surface area contributed by atoms with Crippen LogP contribution in [0.15, 0.2) is 61.2 Å². The predicted octanol–water partition coefficient (Wildman–Crippen LogP) is 5.77. The minimum Gasteiger partial charge on any atom is -0.354 e. The molecule has 344 valence electrons. The van der Waals surface area contributed by atoms with Gasteiger partial charge in [-0.25, -0.2) is 32.7 Å². The molecule has 1 aromatic carbocycles.